The molecule has 0 unspecified atom stereocenters. The van der Waals surface area contributed by atoms with Crippen molar-refractivity contribution in [1.82, 2.24) is 5.32 Å². The summed E-state index contributed by atoms with van der Waals surface area (Å²) in [6.07, 6.45) is 0. The number of rotatable bonds is 10. The van der Waals surface area contributed by atoms with Crippen LogP contribution < -0.4 is 19.5 Å². The third kappa shape index (κ3) is 6.18. The first-order valence-electron chi connectivity index (χ1n) is 10.1. The van der Waals surface area contributed by atoms with Crippen molar-refractivity contribution in [2.24, 2.45) is 0 Å². The molecule has 0 atom stereocenters. The summed E-state index contributed by atoms with van der Waals surface area (Å²) < 4.78 is 22.6. The van der Waals surface area contributed by atoms with E-state index in [0.717, 1.165) is 11.1 Å². The number of hydrogen-bond acceptors (Lipinski definition) is 5. The van der Waals surface area contributed by atoms with E-state index in [0.29, 0.717) is 47.8 Å². The Balaban J connectivity index is 1.56. The maximum absolute atomic E-state index is 12.5. The van der Waals surface area contributed by atoms with Crippen molar-refractivity contribution >= 4 is 17.5 Å². The van der Waals surface area contributed by atoms with Crippen molar-refractivity contribution in [3.63, 3.8) is 0 Å². The number of hydrogen-bond donors (Lipinski definition) is 1. The van der Waals surface area contributed by atoms with Crippen LogP contribution in [-0.4, -0.2) is 19.1 Å². The highest BCUT2D eigenvalue weighted by atomic mass is 35.5. The number of ether oxygens (including phenoxy) is 3. The van der Waals surface area contributed by atoms with E-state index in [1.165, 1.54) is 0 Å². The third-order valence-corrected chi connectivity index (χ3v) is 4.69. The van der Waals surface area contributed by atoms with Gasteiger partial charge in [0.15, 0.2) is 17.3 Å². The predicted octanol–water partition coefficient (Wildman–Crippen LogP) is 5.55. The summed E-state index contributed by atoms with van der Waals surface area (Å²) in [5, 5.41) is 3.51. The zero-order chi connectivity index (χ0) is 22.2. The summed E-state index contributed by atoms with van der Waals surface area (Å²) in [6, 6.07) is 14.4. The van der Waals surface area contributed by atoms with E-state index in [2.05, 4.69) is 5.32 Å². The first-order valence-corrected chi connectivity index (χ1v) is 10.5. The predicted molar refractivity (Wildman–Crippen MR) is 119 cm³/mol. The molecule has 0 aliphatic carbocycles. The Morgan fingerprint density at radius 2 is 1.68 bits per heavy atom. The SMILES string of the molecule is CCOc1ccc(CNC(=O)c2ccc(COc3ccc(Cl)cc3C)o2)cc1OCC. The van der Waals surface area contributed by atoms with Crippen LogP contribution in [0.25, 0.3) is 0 Å². The summed E-state index contributed by atoms with van der Waals surface area (Å²) >= 11 is 5.96. The van der Waals surface area contributed by atoms with Crippen LogP contribution in [0.2, 0.25) is 5.02 Å². The van der Waals surface area contributed by atoms with Gasteiger partial charge in [0.05, 0.1) is 13.2 Å². The van der Waals surface area contributed by atoms with E-state index in [9.17, 15) is 4.79 Å². The van der Waals surface area contributed by atoms with Crippen LogP contribution in [-0.2, 0) is 13.2 Å². The quantitative estimate of drug-likeness (QED) is 0.445. The molecule has 0 fully saturated rings. The van der Waals surface area contributed by atoms with Crippen LogP contribution in [0.5, 0.6) is 17.2 Å². The molecule has 0 radical (unpaired) electrons. The highest BCUT2D eigenvalue weighted by Crippen LogP contribution is 2.28. The summed E-state index contributed by atoms with van der Waals surface area (Å²) in [4.78, 5) is 12.5. The molecule has 3 rings (SSSR count). The molecule has 0 saturated heterocycles. The number of carbonyl (C=O) groups excluding carboxylic acids is 1. The molecule has 1 amide bonds. The maximum Gasteiger partial charge on any atom is 0.287 e. The molecule has 1 N–H and O–H groups in total. The van der Waals surface area contributed by atoms with Gasteiger partial charge in [-0.05, 0) is 74.4 Å². The van der Waals surface area contributed by atoms with Gasteiger partial charge in [-0.3, -0.25) is 4.79 Å². The monoisotopic (exact) mass is 443 g/mol. The van der Waals surface area contributed by atoms with Crippen LogP contribution in [0.4, 0.5) is 0 Å². The summed E-state index contributed by atoms with van der Waals surface area (Å²) in [6.45, 7) is 7.38. The van der Waals surface area contributed by atoms with Crippen LogP contribution in [0.15, 0.2) is 52.9 Å². The van der Waals surface area contributed by atoms with Crippen molar-refractivity contribution in [3.05, 3.63) is 76.2 Å². The average molecular weight is 444 g/mol. The zero-order valence-corrected chi connectivity index (χ0v) is 18.6. The lowest BCUT2D eigenvalue weighted by molar-refractivity contribution is 0.0919. The molecule has 0 aliphatic rings. The highest BCUT2D eigenvalue weighted by molar-refractivity contribution is 6.30. The Morgan fingerprint density at radius 1 is 0.935 bits per heavy atom. The number of benzene rings is 2. The van der Waals surface area contributed by atoms with E-state index in [1.54, 1.807) is 18.2 Å². The van der Waals surface area contributed by atoms with Crippen LogP contribution in [0, 0.1) is 6.92 Å². The van der Waals surface area contributed by atoms with Crippen LogP contribution in [0.1, 0.15) is 41.3 Å². The largest absolute Gasteiger partial charge is 0.490 e. The molecule has 0 aliphatic heterocycles. The molecular formula is C24H26ClNO5. The van der Waals surface area contributed by atoms with Crippen molar-refractivity contribution in [2.45, 2.75) is 33.9 Å². The Labute approximate surface area is 187 Å². The molecule has 1 aromatic heterocycles. The molecule has 164 valence electrons. The van der Waals surface area contributed by atoms with E-state index in [1.807, 2.05) is 51.1 Å². The van der Waals surface area contributed by atoms with Gasteiger partial charge < -0.3 is 23.9 Å². The first-order chi connectivity index (χ1) is 15.0. The van der Waals surface area contributed by atoms with Crippen molar-refractivity contribution in [2.75, 3.05) is 13.2 Å². The standard InChI is InChI=1S/C24H26ClNO5/c1-4-28-21-9-6-17(13-23(21)29-5-2)14-26-24(27)22-11-8-19(31-22)15-30-20-10-7-18(25)12-16(20)3/h6-13H,4-5,14-15H2,1-3H3,(H,26,27). The van der Waals surface area contributed by atoms with Gasteiger partial charge in [-0.1, -0.05) is 17.7 Å². The average Bonchev–Trinajstić information content (AvgIpc) is 3.22. The molecule has 1 heterocycles. The fourth-order valence-electron chi connectivity index (χ4n) is 2.98. The number of furan rings is 1. The van der Waals surface area contributed by atoms with Crippen LogP contribution in [0.3, 0.4) is 0 Å². The van der Waals surface area contributed by atoms with Gasteiger partial charge in [0.1, 0.15) is 18.1 Å². The van der Waals surface area contributed by atoms with E-state index in [4.69, 9.17) is 30.2 Å². The van der Waals surface area contributed by atoms with Crippen molar-refractivity contribution in [3.8, 4) is 17.2 Å². The number of carbonyl (C=O) groups is 1. The molecule has 0 bridgehead atoms. The normalized spacial score (nSPS) is 10.6. The second kappa shape index (κ2) is 10.8. The van der Waals surface area contributed by atoms with Crippen LogP contribution >= 0.6 is 11.6 Å². The summed E-state index contributed by atoms with van der Waals surface area (Å²) in [5.74, 6) is 2.53. The number of halogens is 1. The third-order valence-electron chi connectivity index (χ3n) is 4.45. The molecule has 7 heteroatoms. The van der Waals surface area contributed by atoms with Gasteiger partial charge in [-0.2, -0.15) is 0 Å². The Bertz CT molecular complexity index is 1030. The highest BCUT2D eigenvalue weighted by Gasteiger charge is 2.13. The zero-order valence-electron chi connectivity index (χ0n) is 17.9. The minimum atomic E-state index is -0.305. The number of amides is 1. The fourth-order valence-corrected chi connectivity index (χ4v) is 3.20. The molecule has 6 nitrogen and oxygen atoms in total. The van der Waals surface area contributed by atoms with Crippen molar-refractivity contribution in [1.29, 1.82) is 0 Å². The lowest BCUT2D eigenvalue weighted by atomic mass is 10.2. The van der Waals surface area contributed by atoms with E-state index < -0.39 is 0 Å². The van der Waals surface area contributed by atoms with Gasteiger partial charge >= 0.3 is 0 Å². The molecule has 3 aromatic rings. The van der Waals surface area contributed by atoms with Gasteiger partial charge in [-0.25, -0.2) is 0 Å². The van der Waals surface area contributed by atoms with Gasteiger partial charge in [0.25, 0.3) is 5.91 Å². The lowest BCUT2D eigenvalue weighted by Gasteiger charge is -2.12. The molecular weight excluding hydrogens is 418 g/mol. The van der Waals surface area contributed by atoms with E-state index >= 15 is 0 Å². The minimum absolute atomic E-state index is 0.215. The van der Waals surface area contributed by atoms with Gasteiger partial charge in [0, 0.05) is 11.6 Å². The Kier molecular flexibility index (Phi) is 7.84. The molecule has 0 spiro atoms. The fraction of sp³-hybridized carbons (Fsp3) is 0.292. The molecule has 31 heavy (non-hydrogen) atoms. The Hall–Kier alpha value is -3.12. The maximum atomic E-state index is 12.5. The smallest absolute Gasteiger partial charge is 0.287 e. The summed E-state index contributed by atoms with van der Waals surface area (Å²) in [7, 11) is 0. The second-order valence-corrected chi connectivity index (χ2v) is 7.23. The lowest BCUT2D eigenvalue weighted by Crippen LogP contribution is -2.22. The molecule has 0 saturated carbocycles. The van der Waals surface area contributed by atoms with Gasteiger partial charge in [0.2, 0.25) is 0 Å². The van der Waals surface area contributed by atoms with Gasteiger partial charge in [-0.15, -0.1) is 0 Å². The summed E-state index contributed by atoms with van der Waals surface area (Å²) in [5.41, 5.74) is 1.83. The topological polar surface area (TPSA) is 69.9 Å². The second-order valence-electron chi connectivity index (χ2n) is 6.79. The van der Waals surface area contributed by atoms with Crippen molar-refractivity contribution < 1.29 is 23.4 Å². The Morgan fingerprint density at radius 3 is 2.42 bits per heavy atom. The number of nitrogens with one attached hydrogen (secondary N) is 1. The number of aryl methyl sites for hydroxylation is 1. The van der Waals surface area contributed by atoms with E-state index in [-0.39, 0.29) is 18.3 Å². The minimum Gasteiger partial charge on any atom is -0.490 e. The first kappa shape index (κ1) is 22.6. The molecule has 2 aromatic carbocycles.